The standard InChI is InChI=1S/C27H33N5O3.C22H25N5O/c1-27(2,3)35-26(34)31-22-13-11-21(12-14-22)30-25-29-17-20-10-9-19(15-23(20)32-25)24(33)28-16-18-7-5-4-6-8-18;23-18-8-10-19(11-9-18)26-22-25-14-17-7-6-16(12-20(17)27-22)21(28)24-13-15-4-2-1-3-5-15/h4-10,15,17,21-22H,11-14,16H2,1-3H3,(H,28,33)(H,31,34)(H,29,30,32);1-7,12,14,18-19H,8-11,13,23H2,(H,24,28)(H,25,26,27). The highest BCUT2D eigenvalue weighted by Crippen LogP contribution is 2.24. The van der Waals surface area contributed by atoms with Crippen LogP contribution in [0.3, 0.4) is 0 Å². The Bertz CT molecular complexity index is 2460. The second kappa shape index (κ2) is 20.9. The number of anilines is 2. The minimum Gasteiger partial charge on any atom is -0.444 e. The number of carbonyl (C=O) groups is 3. The van der Waals surface area contributed by atoms with Gasteiger partial charge in [0.25, 0.3) is 11.8 Å². The molecule has 328 valence electrons. The average molecular weight is 851 g/mol. The van der Waals surface area contributed by atoms with Crippen molar-refractivity contribution in [1.82, 2.24) is 35.9 Å². The second-order valence-corrected chi connectivity index (χ2v) is 17.4. The lowest BCUT2D eigenvalue weighted by Gasteiger charge is -2.30. The van der Waals surface area contributed by atoms with Crippen molar-refractivity contribution in [3.63, 3.8) is 0 Å². The highest BCUT2D eigenvalue weighted by molar-refractivity contribution is 5.98. The van der Waals surface area contributed by atoms with Gasteiger partial charge in [-0.2, -0.15) is 0 Å². The minimum absolute atomic E-state index is 0.109. The van der Waals surface area contributed by atoms with E-state index >= 15 is 0 Å². The molecule has 0 bridgehead atoms. The van der Waals surface area contributed by atoms with Crippen LogP contribution in [0.1, 0.15) is 104 Å². The normalized spacial score (nSPS) is 18.6. The Labute approximate surface area is 368 Å². The first kappa shape index (κ1) is 44.4. The fourth-order valence-corrected chi connectivity index (χ4v) is 7.71. The lowest BCUT2D eigenvalue weighted by Crippen LogP contribution is -2.42. The Morgan fingerprint density at radius 1 is 0.603 bits per heavy atom. The summed E-state index contributed by atoms with van der Waals surface area (Å²) < 4.78 is 5.35. The third-order valence-corrected chi connectivity index (χ3v) is 11.2. The summed E-state index contributed by atoms with van der Waals surface area (Å²) in [6.07, 6.45) is 10.8. The molecule has 7 N–H and O–H groups in total. The van der Waals surface area contributed by atoms with Gasteiger partial charge in [-0.15, -0.1) is 0 Å². The summed E-state index contributed by atoms with van der Waals surface area (Å²) in [4.78, 5) is 55.3. The number of benzene rings is 4. The van der Waals surface area contributed by atoms with E-state index in [2.05, 4.69) is 46.5 Å². The van der Waals surface area contributed by atoms with E-state index in [0.717, 1.165) is 84.3 Å². The fraction of sp³-hybridized carbons (Fsp3) is 0.367. The van der Waals surface area contributed by atoms with E-state index in [1.807, 2.05) is 106 Å². The lowest BCUT2D eigenvalue weighted by atomic mass is 9.91. The molecule has 2 saturated carbocycles. The summed E-state index contributed by atoms with van der Waals surface area (Å²) in [6.45, 7) is 6.54. The van der Waals surface area contributed by atoms with Crippen LogP contribution in [0.2, 0.25) is 0 Å². The predicted molar refractivity (Wildman–Crippen MR) is 247 cm³/mol. The Balaban J connectivity index is 0.000000193. The van der Waals surface area contributed by atoms with Gasteiger partial charge in [0.1, 0.15) is 5.60 Å². The van der Waals surface area contributed by atoms with Gasteiger partial charge in [-0.05, 0) is 108 Å². The Morgan fingerprint density at radius 2 is 1.03 bits per heavy atom. The summed E-state index contributed by atoms with van der Waals surface area (Å²) in [6, 6.07) is 31.6. The van der Waals surface area contributed by atoms with Crippen molar-refractivity contribution in [2.75, 3.05) is 10.6 Å². The molecular weight excluding hydrogens is 793 g/mol. The Morgan fingerprint density at radius 3 is 1.48 bits per heavy atom. The summed E-state index contributed by atoms with van der Waals surface area (Å²) in [5.41, 5.74) is 10.2. The smallest absolute Gasteiger partial charge is 0.407 e. The number of amides is 3. The largest absolute Gasteiger partial charge is 0.444 e. The first-order chi connectivity index (χ1) is 30.4. The molecular formula is C49H58N10O4. The molecule has 0 atom stereocenters. The number of nitrogens with two attached hydrogens (primary N) is 1. The van der Waals surface area contributed by atoms with Gasteiger partial charge in [0.05, 0.1) is 11.0 Å². The molecule has 3 amide bonds. The highest BCUT2D eigenvalue weighted by atomic mass is 16.6. The van der Waals surface area contributed by atoms with Crippen LogP contribution >= 0.6 is 0 Å². The van der Waals surface area contributed by atoms with Crippen LogP contribution in [0.15, 0.2) is 109 Å². The molecule has 14 nitrogen and oxygen atoms in total. The summed E-state index contributed by atoms with van der Waals surface area (Å²) in [5.74, 6) is 0.900. The van der Waals surface area contributed by atoms with Gasteiger partial charge in [-0.1, -0.05) is 72.8 Å². The lowest BCUT2D eigenvalue weighted by molar-refractivity contribution is 0.0491. The van der Waals surface area contributed by atoms with Crippen molar-refractivity contribution in [1.29, 1.82) is 0 Å². The quantitative estimate of drug-likeness (QED) is 0.0738. The van der Waals surface area contributed by atoms with E-state index < -0.39 is 5.60 Å². The number of carbonyl (C=O) groups excluding carboxylic acids is 3. The minimum atomic E-state index is -0.501. The van der Waals surface area contributed by atoms with Crippen molar-refractivity contribution in [2.45, 2.75) is 115 Å². The fourth-order valence-electron chi connectivity index (χ4n) is 7.71. The van der Waals surface area contributed by atoms with Gasteiger partial charge in [-0.3, -0.25) is 9.59 Å². The Kier molecular flexibility index (Phi) is 14.7. The van der Waals surface area contributed by atoms with Crippen molar-refractivity contribution < 1.29 is 19.1 Å². The summed E-state index contributed by atoms with van der Waals surface area (Å²) in [7, 11) is 0. The third kappa shape index (κ3) is 13.4. The number of alkyl carbamates (subject to hydrolysis) is 1. The van der Waals surface area contributed by atoms with Crippen molar-refractivity contribution in [3.8, 4) is 0 Å². The molecule has 6 aromatic rings. The monoisotopic (exact) mass is 850 g/mol. The molecule has 4 aromatic carbocycles. The number of hydrogen-bond donors (Lipinski definition) is 6. The van der Waals surface area contributed by atoms with Crippen LogP contribution in [0.25, 0.3) is 21.8 Å². The van der Waals surface area contributed by atoms with Crippen molar-refractivity contribution in [2.24, 2.45) is 5.73 Å². The van der Waals surface area contributed by atoms with E-state index in [-0.39, 0.29) is 30.0 Å². The van der Waals surface area contributed by atoms with E-state index in [1.165, 1.54) is 0 Å². The number of nitrogens with zero attached hydrogens (tertiary/aromatic N) is 4. The van der Waals surface area contributed by atoms with Gasteiger partial charge in [0.2, 0.25) is 11.9 Å². The molecule has 14 heteroatoms. The van der Waals surface area contributed by atoms with Gasteiger partial charge < -0.3 is 37.1 Å². The van der Waals surface area contributed by atoms with Crippen molar-refractivity contribution in [3.05, 3.63) is 132 Å². The van der Waals surface area contributed by atoms with Crippen molar-refractivity contribution >= 4 is 51.6 Å². The van der Waals surface area contributed by atoms with Crippen LogP contribution in [-0.2, 0) is 17.8 Å². The first-order valence-electron chi connectivity index (χ1n) is 21.9. The van der Waals surface area contributed by atoms with E-state index in [1.54, 1.807) is 24.5 Å². The molecule has 2 aromatic heterocycles. The highest BCUT2D eigenvalue weighted by Gasteiger charge is 2.25. The molecule has 0 spiro atoms. The van der Waals surface area contributed by atoms with E-state index in [0.29, 0.717) is 48.2 Å². The molecule has 0 radical (unpaired) electrons. The average Bonchev–Trinajstić information content (AvgIpc) is 3.28. The van der Waals surface area contributed by atoms with Crippen LogP contribution in [-0.4, -0.2) is 67.6 Å². The zero-order chi connectivity index (χ0) is 44.2. The zero-order valence-corrected chi connectivity index (χ0v) is 36.3. The zero-order valence-electron chi connectivity index (χ0n) is 36.3. The van der Waals surface area contributed by atoms with Gasteiger partial charge in [-0.25, -0.2) is 24.7 Å². The SMILES string of the molecule is CC(C)(C)OC(=O)NC1CCC(Nc2ncc3ccc(C(=O)NCc4ccccc4)cc3n2)CC1.NC1CCC(Nc2ncc3ccc(C(=O)NCc4ccccc4)cc3n2)CC1. The Hall–Kier alpha value is -6.67. The molecule has 0 saturated heterocycles. The van der Waals surface area contributed by atoms with Gasteiger partial charge in [0.15, 0.2) is 0 Å². The van der Waals surface area contributed by atoms with Gasteiger partial charge in [0, 0.05) is 71.5 Å². The van der Waals surface area contributed by atoms with Crippen LogP contribution in [0.5, 0.6) is 0 Å². The predicted octanol–water partition coefficient (Wildman–Crippen LogP) is 8.05. The molecule has 0 unspecified atom stereocenters. The van der Waals surface area contributed by atoms with Gasteiger partial charge >= 0.3 is 6.09 Å². The maximum absolute atomic E-state index is 12.6. The van der Waals surface area contributed by atoms with Crippen LogP contribution in [0.4, 0.5) is 16.7 Å². The molecule has 8 rings (SSSR count). The molecule has 2 heterocycles. The second-order valence-electron chi connectivity index (χ2n) is 17.4. The topological polar surface area (TPSA) is 198 Å². The number of hydrogen-bond acceptors (Lipinski definition) is 11. The van der Waals surface area contributed by atoms with E-state index in [4.69, 9.17) is 10.5 Å². The van der Waals surface area contributed by atoms with Crippen LogP contribution in [0, 0.1) is 0 Å². The summed E-state index contributed by atoms with van der Waals surface area (Å²) in [5, 5.41) is 17.5. The molecule has 2 aliphatic rings. The number of ether oxygens (including phenoxy) is 1. The van der Waals surface area contributed by atoms with Crippen LogP contribution < -0.4 is 32.3 Å². The third-order valence-electron chi connectivity index (χ3n) is 11.2. The maximum atomic E-state index is 12.6. The number of nitrogens with one attached hydrogen (secondary N) is 5. The maximum Gasteiger partial charge on any atom is 0.407 e. The molecule has 63 heavy (non-hydrogen) atoms. The number of rotatable bonds is 11. The molecule has 2 fully saturated rings. The molecule has 0 aliphatic heterocycles. The van der Waals surface area contributed by atoms with E-state index in [9.17, 15) is 14.4 Å². The first-order valence-corrected chi connectivity index (χ1v) is 21.9. The summed E-state index contributed by atoms with van der Waals surface area (Å²) >= 11 is 0. The number of fused-ring (bicyclic) bond motifs is 2. The number of aromatic nitrogens is 4. The molecule has 2 aliphatic carbocycles.